The molecule has 3 atom stereocenters. The summed E-state index contributed by atoms with van der Waals surface area (Å²) in [6.45, 7) is 1.36. The van der Waals surface area contributed by atoms with Crippen LogP contribution in [0.2, 0.25) is 0 Å². The largest absolute Gasteiger partial charge is 0.468 e. The lowest BCUT2D eigenvalue weighted by Crippen LogP contribution is -2.57. The molecule has 0 aliphatic heterocycles. The van der Waals surface area contributed by atoms with Crippen LogP contribution in [0, 0.1) is 11.8 Å². The van der Waals surface area contributed by atoms with Gasteiger partial charge in [-0.2, -0.15) is 0 Å². The quantitative estimate of drug-likeness (QED) is 0.216. The third kappa shape index (κ3) is 8.64. The van der Waals surface area contributed by atoms with Gasteiger partial charge in [0.2, 0.25) is 11.8 Å². The Bertz CT molecular complexity index is 1060. The number of nitrogens with two attached hydrogens (primary N) is 1. The van der Waals surface area contributed by atoms with E-state index in [1.54, 1.807) is 54.6 Å². The van der Waals surface area contributed by atoms with Crippen LogP contribution in [-0.4, -0.2) is 56.1 Å². The molecule has 0 aliphatic rings. The molecule has 0 aromatic heterocycles. The number of carbonyl (C=O) groups excluding carboxylic acids is 5. The zero-order valence-corrected chi connectivity index (χ0v) is 20.8. The van der Waals surface area contributed by atoms with Crippen LogP contribution in [-0.2, 0) is 46.4 Å². The Labute approximate surface area is 214 Å². The Balaban J connectivity index is 2.22. The number of carbonyl (C=O) groups is 5. The Kier molecular flexibility index (Phi) is 11.1. The van der Waals surface area contributed by atoms with Crippen LogP contribution in [0.1, 0.15) is 18.1 Å². The molecular weight excluding hydrogens is 482 g/mol. The first kappa shape index (κ1) is 28.8. The Hall–Kier alpha value is -4.41. The SMILES string of the molecule is COC(=O)C(C(=O)OC)[C@H](C)[C@@H](NC(=O)[C@H](Cc1ccccc1)NC(=O)OCc1ccccc1)C(N)=O. The van der Waals surface area contributed by atoms with Gasteiger partial charge in [0, 0.05) is 12.3 Å². The summed E-state index contributed by atoms with van der Waals surface area (Å²) < 4.78 is 14.5. The van der Waals surface area contributed by atoms with Crippen LogP contribution >= 0.6 is 0 Å². The lowest BCUT2D eigenvalue weighted by molar-refractivity contribution is -0.162. The molecule has 0 saturated heterocycles. The zero-order valence-electron chi connectivity index (χ0n) is 20.8. The number of ether oxygens (including phenoxy) is 3. The van der Waals surface area contributed by atoms with E-state index in [0.717, 1.165) is 25.3 Å². The third-order valence-corrected chi connectivity index (χ3v) is 5.67. The fourth-order valence-corrected chi connectivity index (χ4v) is 3.65. The monoisotopic (exact) mass is 513 g/mol. The fourth-order valence-electron chi connectivity index (χ4n) is 3.65. The maximum absolute atomic E-state index is 13.3. The Morgan fingerprint density at radius 1 is 0.811 bits per heavy atom. The average molecular weight is 514 g/mol. The summed E-state index contributed by atoms with van der Waals surface area (Å²) in [4.78, 5) is 62.5. The van der Waals surface area contributed by atoms with Crippen molar-refractivity contribution in [3.05, 3.63) is 71.8 Å². The van der Waals surface area contributed by atoms with E-state index in [2.05, 4.69) is 20.1 Å². The van der Waals surface area contributed by atoms with Crippen molar-refractivity contribution in [1.82, 2.24) is 10.6 Å². The maximum atomic E-state index is 13.3. The number of rotatable bonds is 12. The van der Waals surface area contributed by atoms with E-state index < -0.39 is 53.8 Å². The second kappa shape index (κ2) is 14.2. The molecule has 11 nitrogen and oxygen atoms in total. The van der Waals surface area contributed by atoms with Gasteiger partial charge in [-0.1, -0.05) is 67.6 Å². The molecule has 0 unspecified atom stereocenters. The second-order valence-corrected chi connectivity index (χ2v) is 8.22. The summed E-state index contributed by atoms with van der Waals surface area (Å²) in [5.74, 6) is -6.33. The van der Waals surface area contributed by atoms with Crippen molar-refractivity contribution in [3.8, 4) is 0 Å². The maximum Gasteiger partial charge on any atom is 0.408 e. The molecule has 2 aromatic carbocycles. The number of hydrogen-bond donors (Lipinski definition) is 3. The smallest absolute Gasteiger partial charge is 0.408 e. The van der Waals surface area contributed by atoms with Crippen LogP contribution in [0.15, 0.2) is 60.7 Å². The lowest BCUT2D eigenvalue weighted by Gasteiger charge is -2.28. The van der Waals surface area contributed by atoms with Gasteiger partial charge in [-0.25, -0.2) is 4.79 Å². The van der Waals surface area contributed by atoms with Gasteiger partial charge >= 0.3 is 18.0 Å². The van der Waals surface area contributed by atoms with Crippen LogP contribution in [0.25, 0.3) is 0 Å². The standard InChI is InChI=1S/C26H31N3O8/c1-16(20(24(32)35-2)25(33)36-3)21(22(27)30)29-23(31)19(14-17-10-6-4-7-11-17)28-26(34)37-15-18-12-8-5-9-13-18/h4-13,16,19-21H,14-15H2,1-3H3,(H2,27,30)(H,28,34)(H,29,31)/t16-,19-,21+/m0/s1. The third-order valence-electron chi connectivity index (χ3n) is 5.67. The number of methoxy groups -OCH3 is 2. The van der Waals surface area contributed by atoms with Crippen molar-refractivity contribution < 1.29 is 38.2 Å². The van der Waals surface area contributed by atoms with Crippen molar-refractivity contribution >= 4 is 29.8 Å². The normalized spacial score (nSPS) is 13.0. The predicted octanol–water partition coefficient (Wildman–Crippen LogP) is 1.09. The molecule has 0 aliphatic carbocycles. The Morgan fingerprint density at radius 2 is 1.32 bits per heavy atom. The van der Waals surface area contributed by atoms with Gasteiger partial charge in [0.25, 0.3) is 0 Å². The minimum Gasteiger partial charge on any atom is -0.468 e. The summed E-state index contributed by atoms with van der Waals surface area (Å²) in [6.07, 6.45) is -0.796. The van der Waals surface area contributed by atoms with Gasteiger partial charge in [-0.3, -0.25) is 19.2 Å². The molecular formula is C26H31N3O8. The highest BCUT2D eigenvalue weighted by Crippen LogP contribution is 2.20. The van der Waals surface area contributed by atoms with Crippen LogP contribution in [0.4, 0.5) is 4.79 Å². The average Bonchev–Trinajstić information content (AvgIpc) is 2.90. The van der Waals surface area contributed by atoms with Gasteiger partial charge in [0.15, 0.2) is 5.92 Å². The summed E-state index contributed by atoms with van der Waals surface area (Å²) in [6, 6.07) is 15.2. The number of amides is 3. The first-order valence-corrected chi connectivity index (χ1v) is 11.4. The predicted molar refractivity (Wildman–Crippen MR) is 132 cm³/mol. The topological polar surface area (TPSA) is 163 Å². The van der Waals surface area contributed by atoms with Crippen molar-refractivity contribution in [3.63, 3.8) is 0 Å². The highest BCUT2D eigenvalue weighted by Gasteiger charge is 2.42. The van der Waals surface area contributed by atoms with Gasteiger partial charge in [-0.05, 0) is 11.1 Å². The highest BCUT2D eigenvalue weighted by atomic mass is 16.6. The second-order valence-electron chi connectivity index (χ2n) is 8.22. The number of benzene rings is 2. The first-order chi connectivity index (χ1) is 17.7. The lowest BCUT2D eigenvalue weighted by atomic mass is 9.86. The van der Waals surface area contributed by atoms with Crippen LogP contribution in [0.5, 0.6) is 0 Å². The van der Waals surface area contributed by atoms with Crippen molar-refractivity contribution in [2.75, 3.05) is 14.2 Å². The molecule has 0 radical (unpaired) electrons. The van der Waals surface area contributed by atoms with Gasteiger partial charge < -0.3 is 30.6 Å². The number of hydrogen-bond acceptors (Lipinski definition) is 8. The number of esters is 2. The molecule has 37 heavy (non-hydrogen) atoms. The van der Waals surface area contributed by atoms with E-state index in [4.69, 9.17) is 10.5 Å². The van der Waals surface area contributed by atoms with Gasteiger partial charge in [-0.15, -0.1) is 0 Å². The molecule has 3 amide bonds. The van der Waals surface area contributed by atoms with E-state index in [9.17, 15) is 24.0 Å². The summed E-state index contributed by atoms with van der Waals surface area (Å²) in [7, 11) is 2.15. The minimum atomic E-state index is -1.52. The van der Waals surface area contributed by atoms with E-state index in [-0.39, 0.29) is 13.0 Å². The van der Waals surface area contributed by atoms with Crippen molar-refractivity contribution in [2.45, 2.75) is 32.0 Å². The fraction of sp³-hybridized carbons (Fsp3) is 0.346. The number of primary amides is 1. The molecule has 2 rings (SSSR count). The molecule has 0 heterocycles. The van der Waals surface area contributed by atoms with Crippen molar-refractivity contribution in [2.24, 2.45) is 17.6 Å². The van der Waals surface area contributed by atoms with Crippen molar-refractivity contribution in [1.29, 1.82) is 0 Å². The molecule has 0 saturated carbocycles. The van der Waals surface area contributed by atoms with E-state index in [1.807, 2.05) is 6.07 Å². The molecule has 0 bridgehead atoms. The van der Waals surface area contributed by atoms with Gasteiger partial charge in [0.05, 0.1) is 14.2 Å². The summed E-state index contributed by atoms with van der Waals surface area (Å²) >= 11 is 0. The molecule has 0 fully saturated rings. The van der Waals surface area contributed by atoms with E-state index in [0.29, 0.717) is 0 Å². The molecule has 11 heteroatoms. The number of alkyl carbamates (subject to hydrolysis) is 1. The Morgan fingerprint density at radius 3 is 1.81 bits per heavy atom. The summed E-state index contributed by atoms with van der Waals surface area (Å²) in [5, 5.41) is 4.96. The molecule has 2 aromatic rings. The minimum absolute atomic E-state index is 0.0206. The molecule has 198 valence electrons. The van der Waals surface area contributed by atoms with E-state index in [1.165, 1.54) is 6.92 Å². The molecule has 4 N–H and O–H groups in total. The van der Waals surface area contributed by atoms with Crippen LogP contribution in [0.3, 0.4) is 0 Å². The number of nitrogens with one attached hydrogen (secondary N) is 2. The van der Waals surface area contributed by atoms with Gasteiger partial charge in [0.1, 0.15) is 18.7 Å². The van der Waals surface area contributed by atoms with Crippen LogP contribution < -0.4 is 16.4 Å². The molecule has 0 spiro atoms. The summed E-state index contributed by atoms with van der Waals surface area (Å²) in [5.41, 5.74) is 6.97. The highest BCUT2D eigenvalue weighted by molar-refractivity contribution is 5.97. The first-order valence-electron chi connectivity index (χ1n) is 11.4. The zero-order chi connectivity index (χ0) is 27.4. The van der Waals surface area contributed by atoms with E-state index >= 15 is 0 Å².